The van der Waals surface area contributed by atoms with Gasteiger partial charge in [0.25, 0.3) is 0 Å². The Balaban J connectivity index is 2.12. The molecule has 1 aromatic heterocycles. The van der Waals surface area contributed by atoms with Gasteiger partial charge in [0, 0.05) is 26.7 Å². The molecule has 0 bridgehead atoms. The second-order valence-electron chi connectivity index (χ2n) is 5.98. The van der Waals surface area contributed by atoms with E-state index in [1.807, 2.05) is 26.2 Å². The van der Waals surface area contributed by atoms with Crippen LogP contribution >= 0.6 is 11.6 Å². The highest BCUT2D eigenvalue weighted by Gasteiger charge is 2.33. The van der Waals surface area contributed by atoms with Crippen LogP contribution in [0, 0.1) is 0 Å². The van der Waals surface area contributed by atoms with Crippen molar-refractivity contribution in [3.63, 3.8) is 0 Å². The number of nitrogens with zero attached hydrogens (tertiary/aromatic N) is 3. The predicted octanol–water partition coefficient (Wildman–Crippen LogP) is 1.77. The van der Waals surface area contributed by atoms with Gasteiger partial charge in [-0.2, -0.15) is 0 Å². The molecule has 0 radical (unpaired) electrons. The van der Waals surface area contributed by atoms with Gasteiger partial charge in [-0.15, -0.1) is 0 Å². The van der Waals surface area contributed by atoms with E-state index in [1.54, 1.807) is 7.11 Å². The molecule has 1 aliphatic heterocycles. The average Bonchev–Trinajstić information content (AvgIpc) is 2.40. The summed E-state index contributed by atoms with van der Waals surface area (Å²) in [5.41, 5.74) is 1.38. The summed E-state index contributed by atoms with van der Waals surface area (Å²) in [4.78, 5) is 8.80. The van der Waals surface area contributed by atoms with Crippen molar-refractivity contribution in [3.8, 4) is 0 Å². The maximum absolute atomic E-state index is 10.4. The van der Waals surface area contributed by atoms with Crippen LogP contribution in [0.2, 0.25) is 5.15 Å². The molecule has 118 valence electrons. The van der Waals surface area contributed by atoms with Gasteiger partial charge in [-0.05, 0) is 39.1 Å². The molecule has 0 amide bonds. The van der Waals surface area contributed by atoms with Crippen LogP contribution in [0.4, 0.5) is 5.69 Å². The molecule has 5 nitrogen and oxygen atoms in total. The number of pyridine rings is 1. The first-order valence-corrected chi connectivity index (χ1v) is 7.58. The summed E-state index contributed by atoms with van der Waals surface area (Å²) in [6, 6.07) is 3.85. The molecule has 0 aromatic carbocycles. The van der Waals surface area contributed by atoms with E-state index in [0.29, 0.717) is 24.6 Å². The zero-order chi connectivity index (χ0) is 15.5. The summed E-state index contributed by atoms with van der Waals surface area (Å²) in [6.45, 7) is 2.73. The van der Waals surface area contributed by atoms with E-state index in [-0.39, 0.29) is 0 Å². The minimum atomic E-state index is -0.702. The first-order chi connectivity index (χ1) is 9.93. The third kappa shape index (κ3) is 4.30. The van der Waals surface area contributed by atoms with Crippen molar-refractivity contribution >= 4 is 17.3 Å². The first kappa shape index (κ1) is 16.5. The smallest absolute Gasteiger partial charge is 0.129 e. The van der Waals surface area contributed by atoms with Crippen molar-refractivity contribution in [3.05, 3.63) is 23.0 Å². The van der Waals surface area contributed by atoms with Crippen LogP contribution in [-0.2, 0) is 11.3 Å². The summed E-state index contributed by atoms with van der Waals surface area (Å²) in [7, 11) is 5.66. The van der Waals surface area contributed by atoms with Crippen molar-refractivity contribution in [2.45, 2.75) is 25.0 Å². The standard InChI is InChI=1S/C15H24ClN3O2/c1-18(2)10-12-13(4-5-14(16)17-12)19-8-6-15(20,7-9-19)11-21-3/h4-5,20H,6-11H2,1-3H3. The lowest BCUT2D eigenvalue weighted by molar-refractivity contribution is -0.0472. The molecule has 0 unspecified atom stereocenters. The fourth-order valence-electron chi connectivity index (χ4n) is 2.75. The molecule has 1 aromatic rings. The van der Waals surface area contributed by atoms with E-state index in [0.717, 1.165) is 31.0 Å². The Labute approximate surface area is 131 Å². The summed E-state index contributed by atoms with van der Waals surface area (Å²) in [5.74, 6) is 0. The lowest BCUT2D eigenvalue weighted by Gasteiger charge is -2.39. The van der Waals surface area contributed by atoms with Gasteiger partial charge in [-0.25, -0.2) is 4.98 Å². The third-order valence-corrected chi connectivity index (χ3v) is 4.04. The summed E-state index contributed by atoms with van der Waals surface area (Å²) < 4.78 is 5.11. The van der Waals surface area contributed by atoms with Crippen molar-refractivity contribution in [2.24, 2.45) is 0 Å². The lowest BCUT2D eigenvalue weighted by Crippen LogP contribution is -2.47. The predicted molar refractivity (Wildman–Crippen MR) is 84.9 cm³/mol. The van der Waals surface area contributed by atoms with Crippen LogP contribution < -0.4 is 4.90 Å². The molecule has 1 N–H and O–H groups in total. The van der Waals surface area contributed by atoms with Gasteiger partial charge >= 0.3 is 0 Å². The molecule has 6 heteroatoms. The van der Waals surface area contributed by atoms with E-state index in [4.69, 9.17) is 16.3 Å². The summed E-state index contributed by atoms with van der Waals surface area (Å²) >= 11 is 6.02. The molecule has 0 aliphatic carbocycles. The average molecular weight is 314 g/mol. The molecule has 1 saturated heterocycles. The second-order valence-corrected chi connectivity index (χ2v) is 6.37. The number of halogens is 1. The number of hydrogen-bond acceptors (Lipinski definition) is 5. The normalized spacial score (nSPS) is 18.3. The number of aliphatic hydroxyl groups is 1. The largest absolute Gasteiger partial charge is 0.387 e. The molecule has 1 fully saturated rings. The number of hydrogen-bond donors (Lipinski definition) is 1. The molecular formula is C15H24ClN3O2. The number of piperidine rings is 1. The van der Waals surface area contributed by atoms with Crippen LogP contribution in [0.5, 0.6) is 0 Å². The minimum absolute atomic E-state index is 0.393. The van der Waals surface area contributed by atoms with Gasteiger partial charge in [0.05, 0.1) is 23.6 Å². The first-order valence-electron chi connectivity index (χ1n) is 7.20. The quantitative estimate of drug-likeness (QED) is 0.840. The van der Waals surface area contributed by atoms with E-state index in [1.165, 1.54) is 0 Å². The second kappa shape index (κ2) is 6.92. The number of ether oxygens (including phenoxy) is 1. The highest BCUT2D eigenvalue weighted by Crippen LogP contribution is 2.29. The van der Waals surface area contributed by atoms with Crippen molar-refractivity contribution in [1.82, 2.24) is 9.88 Å². The highest BCUT2D eigenvalue weighted by molar-refractivity contribution is 6.29. The van der Waals surface area contributed by atoms with Crippen molar-refractivity contribution in [2.75, 3.05) is 45.8 Å². The van der Waals surface area contributed by atoms with Crippen LogP contribution in [0.15, 0.2) is 12.1 Å². The Morgan fingerprint density at radius 2 is 2.05 bits per heavy atom. The molecule has 2 heterocycles. The number of anilines is 1. The van der Waals surface area contributed by atoms with Crippen molar-refractivity contribution in [1.29, 1.82) is 0 Å². The fraction of sp³-hybridized carbons (Fsp3) is 0.667. The monoisotopic (exact) mass is 313 g/mol. The van der Waals surface area contributed by atoms with Gasteiger partial charge in [0.1, 0.15) is 5.15 Å². The molecule has 0 saturated carbocycles. The molecule has 2 rings (SSSR count). The topological polar surface area (TPSA) is 48.8 Å². The highest BCUT2D eigenvalue weighted by atomic mass is 35.5. The molecule has 0 spiro atoms. The van der Waals surface area contributed by atoms with Gasteiger partial charge in [0.2, 0.25) is 0 Å². The maximum atomic E-state index is 10.4. The minimum Gasteiger partial charge on any atom is -0.387 e. The van der Waals surface area contributed by atoms with Crippen LogP contribution in [0.25, 0.3) is 0 Å². The lowest BCUT2D eigenvalue weighted by atomic mass is 9.92. The molecular weight excluding hydrogens is 290 g/mol. The Kier molecular flexibility index (Phi) is 5.43. The van der Waals surface area contributed by atoms with E-state index in [2.05, 4.69) is 14.8 Å². The zero-order valence-corrected chi connectivity index (χ0v) is 13.7. The van der Waals surface area contributed by atoms with Crippen LogP contribution in [0.3, 0.4) is 0 Å². The third-order valence-electron chi connectivity index (χ3n) is 3.83. The van der Waals surface area contributed by atoms with Crippen LogP contribution in [-0.4, -0.2) is 61.5 Å². The number of aromatic nitrogens is 1. The Bertz CT molecular complexity index is 474. The SMILES string of the molecule is COCC1(O)CCN(c2ccc(Cl)nc2CN(C)C)CC1. The Morgan fingerprint density at radius 3 is 2.62 bits per heavy atom. The molecule has 0 atom stereocenters. The maximum Gasteiger partial charge on any atom is 0.129 e. The Morgan fingerprint density at radius 1 is 1.38 bits per heavy atom. The number of rotatable bonds is 5. The van der Waals surface area contributed by atoms with E-state index in [9.17, 15) is 5.11 Å². The summed E-state index contributed by atoms with van der Waals surface area (Å²) in [6.07, 6.45) is 1.40. The Hall–Kier alpha value is -0.880. The van der Waals surface area contributed by atoms with E-state index >= 15 is 0 Å². The van der Waals surface area contributed by atoms with Crippen molar-refractivity contribution < 1.29 is 9.84 Å². The summed E-state index contributed by atoms with van der Waals surface area (Å²) in [5, 5.41) is 10.9. The van der Waals surface area contributed by atoms with E-state index < -0.39 is 5.60 Å². The van der Waals surface area contributed by atoms with Gasteiger partial charge in [0.15, 0.2) is 0 Å². The zero-order valence-electron chi connectivity index (χ0n) is 13.0. The number of methoxy groups -OCH3 is 1. The van der Waals surface area contributed by atoms with Crippen LogP contribution in [0.1, 0.15) is 18.5 Å². The van der Waals surface area contributed by atoms with Gasteiger partial charge < -0.3 is 19.6 Å². The molecule has 21 heavy (non-hydrogen) atoms. The van der Waals surface area contributed by atoms with Gasteiger partial charge in [-0.3, -0.25) is 0 Å². The fourth-order valence-corrected chi connectivity index (χ4v) is 2.91. The van der Waals surface area contributed by atoms with Gasteiger partial charge in [-0.1, -0.05) is 11.6 Å². The molecule has 1 aliphatic rings.